The number of anilines is 1. The number of rotatable bonds is 3. The van der Waals surface area contributed by atoms with E-state index < -0.39 is 17.6 Å². The van der Waals surface area contributed by atoms with Crippen LogP contribution in [-0.4, -0.2) is 43.5 Å². The molecule has 2 rings (SSSR count). The molecule has 0 bridgehead atoms. The monoisotopic (exact) mass is 312 g/mol. The third-order valence-corrected chi connectivity index (χ3v) is 3.54. The largest absolute Gasteiger partial charge is 0.416 e. The Morgan fingerprint density at radius 3 is 2.41 bits per heavy atom. The summed E-state index contributed by atoms with van der Waals surface area (Å²) < 4.78 is 38.0. The molecule has 0 aromatic heterocycles. The minimum Gasteiger partial charge on any atom is -0.369 e. The lowest BCUT2D eigenvalue weighted by Gasteiger charge is -2.36. The van der Waals surface area contributed by atoms with Crippen LogP contribution < -0.4 is 10.6 Å². The molecule has 8 heteroatoms. The van der Waals surface area contributed by atoms with Crippen LogP contribution in [0.15, 0.2) is 18.2 Å². The zero-order valence-electron chi connectivity index (χ0n) is 11.7. The van der Waals surface area contributed by atoms with Crippen LogP contribution in [0.25, 0.3) is 0 Å². The molecule has 1 aromatic rings. The molecular formula is C14H15F3N4O. The summed E-state index contributed by atoms with van der Waals surface area (Å²) in [6.45, 7) is 2.33. The van der Waals surface area contributed by atoms with Gasteiger partial charge in [-0.2, -0.15) is 18.4 Å². The Hall–Kier alpha value is -2.27. The highest BCUT2D eigenvalue weighted by atomic mass is 19.4. The first kappa shape index (κ1) is 16.1. The normalized spacial score (nSPS) is 16.4. The second-order valence-electron chi connectivity index (χ2n) is 5.07. The highest BCUT2D eigenvalue weighted by molar-refractivity contribution is 5.76. The number of hydrogen-bond donors (Lipinski definition) is 1. The molecule has 2 N–H and O–H groups in total. The van der Waals surface area contributed by atoms with Crippen LogP contribution in [0.3, 0.4) is 0 Å². The van der Waals surface area contributed by atoms with Gasteiger partial charge in [0, 0.05) is 26.2 Å². The van der Waals surface area contributed by atoms with Crippen molar-refractivity contribution in [3.05, 3.63) is 29.3 Å². The average Bonchev–Trinajstić information content (AvgIpc) is 2.46. The number of primary amides is 1. The lowest BCUT2D eigenvalue weighted by atomic mass is 10.1. The smallest absolute Gasteiger partial charge is 0.369 e. The van der Waals surface area contributed by atoms with E-state index in [9.17, 15) is 18.0 Å². The first-order valence-corrected chi connectivity index (χ1v) is 6.68. The molecule has 1 aliphatic heterocycles. The van der Waals surface area contributed by atoms with E-state index >= 15 is 0 Å². The van der Waals surface area contributed by atoms with Crippen molar-refractivity contribution in [3.63, 3.8) is 0 Å². The number of piperazine rings is 1. The first-order valence-electron chi connectivity index (χ1n) is 6.68. The predicted octanol–water partition coefficient (Wildman–Crippen LogP) is 1.18. The third-order valence-electron chi connectivity index (χ3n) is 3.54. The number of alkyl halides is 3. The summed E-state index contributed by atoms with van der Waals surface area (Å²) in [7, 11) is 0. The van der Waals surface area contributed by atoms with Gasteiger partial charge < -0.3 is 10.6 Å². The number of carbonyl (C=O) groups excluding carboxylic acids is 1. The predicted molar refractivity (Wildman–Crippen MR) is 74.0 cm³/mol. The van der Waals surface area contributed by atoms with Crippen LogP contribution >= 0.6 is 0 Å². The molecule has 1 aromatic carbocycles. The van der Waals surface area contributed by atoms with Crippen LogP contribution in [-0.2, 0) is 11.0 Å². The molecule has 0 atom stereocenters. The Balaban J connectivity index is 2.14. The lowest BCUT2D eigenvalue weighted by Crippen LogP contribution is -2.49. The quantitative estimate of drug-likeness (QED) is 0.910. The van der Waals surface area contributed by atoms with Crippen molar-refractivity contribution in [1.82, 2.24) is 4.90 Å². The molecule has 1 fully saturated rings. The minimum atomic E-state index is -4.47. The second kappa shape index (κ2) is 6.23. The fourth-order valence-electron chi connectivity index (χ4n) is 2.44. The molecule has 118 valence electrons. The molecule has 0 radical (unpaired) electrons. The number of hydrogen-bond acceptors (Lipinski definition) is 4. The van der Waals surface area contributed by atoms with E-state index in [1.54, 1.807) is 0 Å². The maximum absolute atomic E-state index is 12.7. The van der Waals surface area contributed by atoms with Gasteiger partial charge in [-0.1, -0.05) is 0 Å². The van der Waals surface area contributed by atoms with Crippen LogP contribution in [0.4, 0.5) is 18.9 Å². The van der Waals surface area contributed by atoms with E-state index in [1.807, 2.05) is 15.9 Å². The molecule has 1 saturated heterocycles. The van der Waals surface area contributed by atoms with E-state index in [1.165, 1.54) is 6.07 Å². The Bertz CT molecular complexity index is 601. The number of halogens is 3. The Kier molecular flexibility index (Phi) is 4.56. The zero-order valence-corrected chi connectivity index (χ0v) is 11.7. The SMILES string of the molecule is N#Cc1cc(C(F)(F)F)ccc1N1CCN(CC(N)=O)CC1. The Morgan fingerprint density at radius 1 is 1.27 bits per heavy atom. The van der Waals surface area contributed by atoms with E-state index in [0.29, 0.717) is 31.9 Å². The third kappa shape index (κ3) is 3.68. The van der Waals surface area contributed by atoms with Crippen molar-refractivity contribution in [2.75, 3.05) is 37.6 Å². The Morgan fingerprint density at radius 2 is 1.91 bits per heavy atom. The first-order chi connectivity index (χ1) is 10.3. The summed E-state index contributed by atoms with van der Waals surface area (Å²) >= 11 is 0. The van der Waals surface area contributed by atoms with E-state index in [0.717, 1.165) is 12.1 Å². The van der Waals surface area contributed by atoms with Crippen molar-refractivity contribution in [1.29, 1.82) is 5.26 Å². The molecule has 0 saturated carbocycles. The second-order valence-corrected chi connectivity index (χ2v) is 5.07. The van der Waals surface area contributed by atoms with Gasteiger partial charge in [0.2, 0.25) is 5.91 Å². The molecular weight excluding hydrogens is 297 g/mol. The number of nitrogens with two attached hydrogens (primary N) is 1. The maximum atomic E-state index is 12.7. The van der Waals surface area contributed by atoms with E-state index in [-0.39, 0.29) is 12.1 Å². The van der Waals surface area contributed by atoms with Gasteiger partial charge in [-0.25, -0.2) is 0 Å². The summed E-state index contributed by atoms with van der Waals surface area (Å²) in [5.74, 6) is -0.416. The molecule has 1 aliphatic rings. The van der Waals surface area contributed by atoms with Crippen LogP contribution in [0, 0.1) is 11.3 Å². The molecule has 0 unspecified atom stereocenters. The maximum Gasteiger partial charge on any atom is 0.416 e. The van der Waals surface area contributed by atoms with Gasteiger partial charge in [-0.15, -0.1) is 0 Å². The number of carbonyl (C=O) groups is 1. The molecule has 0 spiro atoms. The van der Waals surface area contributed by atoms with Gasteiger partial charge in [0.25, 0.3) is 0 Å². The molecule has 22 heavy (non-hydrogen) atoms. The van der Waals surface area contributed by atoms with E-state index in [2.05, 4.69) is 0 Å². The number of benzene rings is 1. The summed E-state index contributed by atoms with van der Waals surface area (Å²) in [6.07, 6.45) is -4.47. The van der Waals surface area contributed by atoms with Crippen molar-refractivity contribution in [2.24, 2.45) is 5.73 Å². The topological polar surface area (TPSA) is 73.4 Å². The number of nitriles is 1. The van der Waals surface area contributed by atoms with Crippen LogP contribution in [0.2, 0.25) is 0 Å². The highest BCUT2D eigenvalue weighted by Gasteiger charge is 2.31. The van der Waals surface area contributed by atoms with Gasteiger partial charge in [-0.05, 0) is 18.2 Å². The lowest BCUT2D eigenvalue weighted by molar-refractivity contribution is -0.137. The Labute approximate surface area is 125 Å². The van der Waals surface area contributed by atoms with Crippen molar-refractivity contribution in [2.45, 2.75) is 6.18 Å². The van der Waals surface area contributed by atoms with Gasteiger partial charge in [0.15, 0.2) is 0 Å². The van der Waals surface area contributed by atoms with Crippen molar-refractivity contribution in [3.8, 4) is 6.07 Å². The minimum absolute atomic E-state index is 0.00169. The fourth-order valence-corrected chi connectivity index (χ4v) is 2.44. The van der Waals surface area contributed by atoms with Crippen molar-refractivity contribution < 1.29 is 18.0 Å². The highest BCUT2D eigenvalue weighted by Crippen LogP contribution is 2.32. The summed E-state index contributed by atoms with van der Waals surface area (Å²) in [5.41, 5.74) is 4.77. The molecule has 5 nitrogen and oxygen atoms in total. The molecule has 1 amide bonds. The van der Waals surface area contributed by atoms with E-state index in [4.69, 9.17) is 11.0 Å². The summed E-state index contributed by atoms with van der Waals surface area (Å²) in [6, 6.07) is 4.99. The zero-order chi connectivity index (χ0) is 16.3. The fraction of sp³-hybridized carbons (Fsp3) is 0.429. The average molecular weight is 312 g/mol. The summed E-state index contributed by atoms with van der Waals surface area (Å²) in [5, 5.41) is 9.09. The van der Waals surface area contributed by atoms with Gasteiger partial charge in [0.1, 0.15) is 6.07 Å². The van der Waals surface area contributed by atoms with Crippen LogP contribution in [0.1, 0.15) is 11.1 Å². The number of nitrogens with zero attached hydrogens (tertiary/aromatic N) is 3. The van der Waals surface area contributed by atoms with Gasteiger partial charge >= 0.3 is 6.18 Å². The van der Waals surface area contributed by atoms with Crippen LogP contribution in [0.5, 0.6) is 0 Å². The molecule has 0 aliphatic carbocycles. The summed E-state index contributed by atoms with van der Waals surface area (Å²) in [4.78, 5) is 14.6. The van der Waals surface area contributed by atoms with Crippen molar-refractivity contribution >= 4 is 11.6 Å². The van der Waals surface area contributed by atoms with Gasteiger partial charge in [-0.3, -0.25) is 9.69 Å². The molecule has 1 heterocycles. The number of amides is 1. The van der Waals surface area contributed by atoms with Gasteiger partial charge in [0.05, 0.1) is 23.4 Å². The standard InChI is InChI=1S/C14H15F3N4O/c15-14(16,17)11-1-2-12(10(7-11)8-18)21-5-3-20(4-6-21)9-13(19)22/h1-2,7H,3-6,9H2,(H2,19,22).